The molecular formula is C12H22N4O. The van der Waals surface area contributed by atoms with Gasteiger partial charge in [-0.1, -0.05) is 13.3 Å². The maximum Gasteiger partial charge on any atom is 0.274 e. The zero-order chi connectivity index (χ0) is 12.8. The Labute approximate surface area is 103 Å². The van der Waals surface area contributed by atoms with Crippen LogP contribution in [0.25, 0.3) is 0 Å². The Morgan fingerprint density at radius 3 is 2.94 bits per heavy atom. The number of aromatic nitrogens is 2. The smallest absolute Gasteiger partial charge is 0.274 e. The van der Waals surface area contributed by atoms with Crippen LogP contribution in [0.3, 0.4) is 0 Å². The van der Waals surface area contributed by atoms with E-state index in [2.05, 4.69) is 18.8 Å². The van der Waals surface area contributed by atoms with E-state index in [1.807, 2.05) is 11.6 Å². The summed E-state index contributed by atoms with van der Waals surface area (Å²) in [6.07, 6.45) is 5.48. The molecule has 0 aliphatic rings. The molecule has 0 aliphatic carbocycles. The van der Waals surface area contributed by atoms with Crippen LogP contribution < -0.4 is 5.73 Å². The van der Waals surface area contributed by atoms with E-state index < -0.39 is 0 Å². The highest BCUT2D eigenvalue weighted by atomic mass is 16.2. The lowest BCUT2D eigenvalue weighted by Crippen LogP contribution is -2.35. The molecule has 1 unspecified atom stereocenters. The number of carbonyl (C=O) groups excluding carboxylic acids is 1. The van der Waals surface area contributed by atoms with E-state index >= 15 is 0 Å². The van der Waals surface area contributed by atoms with Gasteiger partial charge in [-0.15, -0.1) is 0 Å². The summed E-state index contributed by atoms with van der Waals surface area (Å²) in [6.45, 7) is 5.41. The van der Waals surface area contributed by atoms with Crippen LogP contribution in [0.1, 0.15) is 37.2 Å². The molecule has 1 aromatic heterocycles. The molecule has 1 heterocycles. The van der Waals surface area contributed by atoms with Crippen molar-refractivity contribution in [3.05, 3.63) is 18.2 Å². The minimum Gasteiger partial charge on any atom is -0.338 e. The van der Waals surface area contributed by atoms with Gasteiger partial charge in [-0.05, 0) is 13.3 Å². The standard InChI is InChI=1S/C12H22N4O/c1-4-5-10(2)15(3)12(17)11-8-16(7-6-13)9-14-11/h8-10H,4-7,13H2,1-3H3. The maximum absolute atomic E-state index is 12.1. The molecule has 2 N–H and O–H groups in total. The second-order valence-corrected chi connectivity index (χ2v) is 4.34. The first kappa shape index (κ1) is 13.7. The van der Waals surface area contributed by atoms with Gasteiger partial charge >= 0.3 is 0 Å². The van der Waals surface area contributed by atoms with Gasteiger partial charge in [0.05, 0.1) is 6.33 Å². The number of hydrogen-bond acceptors (Lipinski definition) is 3. The molecule has 17 heavy (non-hydrogen) atoms. The molecule has 0 aliphatic heterocycles. The van der Waals surface area contributed by atoms with E-state index in [4.69, 9.17) is 5.73 Å². The van der Waals surface area contributed by atoms with E-state index in [-0.39, 0.29) is 11.9 Å². The monoisotopic (exact) mass is 238 g/mol. The predicted octanol–water partition coefficient (Wildman–Crippen LogP) is 1.10. The van der Waals surface area contributed by atoms with E-state index in [1.54, 1.807) is 17.4 Å². The molecule has 0 radical (unpaired) electrons. The summed E-state index contributed by atoms with van der Waals surface area (Å²) in [5.74, 6) is -0.0262. The summed E-state index contributed by atoms with van der Waals surface area (Å²) < 4.78 is 1.84. The molecule has 5 heteroatoms. The Kier molecular flexibility index (Phi) is 5.15. The third kappa shape index (κ3) is 3.56. The van der Waals surface area contributed by atoms with Gasteiger partial charge in [0.1, 0.15) is 5.69 Å². The van der Waals surface area contributed by atoms with Gasteiger partial charge < -0.3 is 15.2 Å². The highest BCUT2D eigenvalue weighted by Crippen LogP contribution is 2.08. The van der Waals surface area contributed by atoms with Crippen molar-refractivity contribution in [3.63, 3.8) is 0 Å². The fraction of sp³-hybridized carbons (Fsp3) is 0.667. The molecule has 0 spiro atoms. The van der Waals surface area contributed by atoms with Crippen LogP contribution in [0.4, 0.5) is 0 Å². The number of nitrogens with zero attached hydrogens (tertiary/aromatic N) is 3. The lowest BCUT2D eigenvalue weighted by molar-refractivity contribution is 0.0731. The third-order valence-electron chi connectivity index (χ3n) is 2.93. The molecule has 1 atom stereocenters. The van der Waals surface area contributed by atoms with Crippen LogP contribution >= 0.6 is 0 Å². The van der Waals surface area contributed by atoms with Gasteiger partial charge in [-0.3, -0.25) is 4.79 Å². The van der Waals surface area contributed by atoms with Gasteiger partial charge in [0, 0.05) is 32.4 Å². The summed E-state index contributed by atoms with van der Waals surface area (Å²) in [6, 6.07) is 0.243. The van der Waals surface area contributed by atoms with Gasteiger partial charge in [0.25, 0.3) is 5.91 Å². The highest BCUT2D eigenvalue weighted by Gasteiger charge is 2.18. The number of amides is 1. The summed E-state index contributed by atoms with van der Waals surface area (Å²) in [5, 5.41) is 0. The number of carbonyl (C=O) groups is 1. The molecular weight excluding hydrogens is 216 g/mol. The Hall–Kier alpha value is -1.36. The van der Waals surface area contributed by atoms with Gasteiger partial charge in [0.2, 0.25) is 0 Å². The van der Waals surface area contributed by atoms with Crippen molar-refractivity contribution < 1.29 is 4.79 Å². The first-order valence-electron chi connectivity index (χ1n) is 6.09. The second-order valence-electron chi connectivity index (χ2n) is 4.34. The van der Waals surface area contributed by atoms with Gasteiger partial charge in [-0.2, -0.15) is 0 Å². The summed E-state index contributed by atoms with van der Waals surface area (Å²) in [4.78, 5) is 18.0. The van der Waals surface area contributed by atoms with Crippen LogP contribution in [-0.2, 0) is 6.54 Å². The van der Waals surface area contributed by atoms with Crippen molar-refractivity contribution in [1.82, 2.24) is 14.5 Å². The quantitative estimate of drug-likeness (QED) is 0.807. The lowest BCUT2D eigenvalue weighted by atomic mass is 10.1. The molecule has 0 saturated carbocycles. The van der Waals surface area contributed by atoms with Gasteiger partial charge in [-0.25, -0.2) is 4.98 Å². The molecule has 0 bridgehead atoms. The van der Waals surface area contributed by atoms with E-state index in [9.17, 15) is 4.79 Å². The first-order chi connectivity index (χ1) is 8.10. The van der Waals surface area contributed by atoms with Crippen molar-refractivity contribution in [2.75, 3.05) is 13.6 Å². The van der Waals surface area contributed by atoms with E-state index in [0.717, 1.165) is 12.8 Å². The molecule has 1 amide bonds. The molecule has 0 aromatic carbocycles. The maximum atomic E-state index is 12.1. The molecule has 0 fully saturated rings. The van der Waals surface area contributed by atoms with Crippen LogP contribution in [0.2, 0.25) is 0 Å². The molecule has 1 aromatic rings. The minimum atomic E-state index is -0.0262. The molecule has 1 rings (SSSR count). The van der Waals surface area contributed by atoms with Crippen molar-refractivity contribution in [2.45, 2.75) is 39.3 Å². The Morgan fingerprint density at radius 2 is 2.35 bits per heavy atom. The summed E-state index contributed by atoms with van der Waals surface area (Å²) >= 11 is 0. The highest BCUT2D eigenvalue weighted by molar-refractivity contribution is 5.92. The average Bonchev–Trinajstić information content (AvgIpc) is 2.76. The lowest BCUT2D eigenvalue weighted by Gasteiger charge is -2.23. The number of hydrogen-bond donors (Lipinski definition) is 1. The fourth-order valence-electron chi connectivity index (χ4n) is 1.73. The average molecular weight is 238 g/mol. The van der Waals surface area contributed by atoms with Crippen molar-refractivity contribution in [3.8, 4) is 0 Å². The summed E-state index contributed by atoms with van der Waals surface area (Å²) in [7, 11) is 1.82. The van der Waals surface area contributed by atoms with Crippen LogP contribution in [0, 0.1) is 0 Å². The van der Waals surface area contributed by atoms with E-state index in [0.29, 0.717) is 18.8 Å². The largest absolute Gasteiger partial charge is 0.338 e. The van der Waals surface area contributed by atoms with E-state index in [1.165, 1.54) is 0 Å². The van der Waals surface area contributed by atoms with Crippen LogP contribution in [0.15, 0.2) is 12.5 Å². The number of rotatable bonds is 6. The number of nitrogens with two attached hydrogens (primary N) is 1. The Bertz CT molecular complexity index is 361. The first-order valence-corrected chi connectivity index (χ1v) is 6.09. The fourth-order valence-corrected chi connectivity index (χ4v) is 1.73. The van der Waals surface area contributed by atoms with Crippen molar-refractivity contribution in [2.24, 2.45) is 5.73 Å². The predicted molar refractivity (Wildman–Crippen MR) is 67.7 cm³/mol. The van der Waals surface area contributed by atoms with Crippen molar-refractivity contribution in [1.29, 1.82) is 0 Å². The molecule has 5 nitrogen and oxygen atoms in total. The van der Waals surface area contributed by atoms with Crippen LogP contribution in [0.5, 0.6) is 0 Å². The molecule has 0 saturated heterocycles. The Balaban J connectivity index is 2.67. The normalized spacial score (nSPS) is 12.5. The van der Waals surface area contributed by atoms with Gasteiger partial charge in [0.15, 0.2) is 0 Å². The second kappa shape index (κ2) is 6.39. The SMILES string of the molecule is CCCC(C)N(C)C(=O)c1cn(CCN)cn1. The number of imidazole rings is 1. The minimum absolute atomic E-state index is 0.0262. The van der Waals surface area contributed by atoms with Crippen molar-refractivity contribution >= 4 is 5.91 Å². The Morgan fingerprint density at radius 1 is 1.65 bits per heavy atom. The zero-order valence-corrected chi connectivity index (χ0v) is 10.9. The summed E-state index contributed by atoms with van der Waals surface area (Å²) in [5.41, 5.74) is 5.94. The topological polar surface area (TPSA) is 64.2 Å². The third-order valence-corrected chi connectivity index (χ3v) is 2.93. The molecule has 96 valence electrons. The zero-order valence-electron chi connectivity index (χ0n) is 10.9. The van der Waals surface area contributed by atoms with Crippen LogP contribution in [-0.4, -0.2) is 40.0 Å².